The van der Waals surface area contributed by atoms with Crippen molar-refractivity contribution in [2.45, 2.75) is 0 Å². The summed E-state index contributed by atoms with van der Waals surface area (Å²) in [5, 5.41) is 15.2. The Morgan fingerprint density at radius 1 is 0.800 bits per heavy atom. The Balaban J connectivity index is 0.000000583. The Kier molecular flexibility index (Phi) is 4.49. The summed E-state index contributed by atoms with van der Waals surface area (Å²) in [7, 11) is 0. The van der Waals surface area contributed by atoms with Crippen molar-refractivity contribution in [1.82, 2.24) is 0 Å². The second-order valence-corrected chi connectivity index (χ2v) is 2.02. The van der Waals surface area contributed by atoms with Gasteiger partial charge in [-0.05, 0) is 0 Å². The summed E-state index contributed by atoms with van der Waals surface area (Å²) in [5.41, 5.74) is 0. The third-order valence-electron chi connectivity index (χ3n) is 1.19. The lowest BCUT2D eigenvalue weighted by Gasteiger charge is -2.00. The highest BCUT2D eigenvalue weighted by Crippen LogP contribution is 2.27. The van der Waals surface area contributed by atoms with Crippen LogP contribution in [0.25, 0.3) is 0 Å². The average molecular weight is 230 g/mol. The van der Waals surface area contributed by atoms with E-state index < -0.39 is 34.8 Å². The van der Waals surface area contributed by atoms with Gasteiger partial charge in [0.2, 0.25) is 29.1 Å². The van der Waals surface area contributed by atoms with Crippen LogP contribution in [0.2, 0.25) is 0 Å². The van der Waals surface area contributed by atoms with E-state index in [1.807, 2.05) is 0 Å². The van der Waals surface area contributed by atoms with Gasteiger partial charge >= 0.3 is 0 Å². The van der Waals surface area contributed by atoms with Crippen LogP contribution in [0.5, 0.6) is 5.75 Å². The Bertz CT molecular complexity index is 274. The maximum absolute atomic E-state index is 12.2. The quantitative estimate of drug-likeness (QED) is 0.309. The first-order valence-corrected chi connectivity index (χ1v) is 3.16. The van der Waals surface area contributed by atoms with E-state index >= 15 is 0 Å². The molecule has 0 bridgehead atoms. The average Bonchev–Trinajstić information content (AvgIpc) is 2.22. The summed E-state index contributed by atoms with van der Waals surface area (Å²) < 4.78 is 60.6. The number of phenols is 1. The predicted molar refractivity (Wildman–Crippen MR) is 36.6 cm³/mol. The van der Waals surface area contributed by atoms with Crippen LogP contribution in [0, 0.1) is 29.1 Å². The maximum Gasteiger partial charge on any atom is 0.290 e. The number of aromatic hydroxyl groups is 1. The van der Waals surface area contributed by atoms with Crippen LogP contribution in [0.4, 0.5) is 22.0 Å². The molecule has 0 aromatic heterocycles. The van der Waals surface area contributed by atoms with Gasteiger partial charge < -0.3 is 10.2 Å². The molecule has 0 heterocycles. The predicted octanol–water partition coefficient (Wildman–Crippen LogP) is 1.79. The summed E-state index contributed by atoms with van der Waals surface area (Å²) in [6.07, 6.45) is 0. The molecule has 0 aliphatic rings. The van der Waals surface area contributed by atoms with Crippen LogP contribution >= 0.6 is 0 Å². The number of halogens is 5. The van der Waals surface area contributed by atoms with Gasteiger partial charge in [-0.3, -0.25) is 4.79 Å². The van der Waals surface area contributed by atoms with Gasteiger partial charge in [0.05, 0.1) is 0 Å². The summed E-state index contributed by atoms with van der Waals surface area (Å²) >= 11 is 0. The fraction of sp³-hybridized carbons (Fsp3) is 0. The van der Waals surface area contributed by atoms with E-state index in [1.54, 1.807) is 0 Å². The van der Waals surface area contributed by atoms with Crippen LogP contribution in [0.15, 0.2) is 0 Å². The molecule has 1 aromatic carbocycles. The van der Waals surface area contributed by atoms with E-state index in [4.69, 9.17) is 15.0 Å². The standard InChI is InChI=1S/C6HF5O.CH2O2/c7-1-2(8)4(10)6(12)5(11)3(1)9;2-1-3/h12H;1H,(H,2,3). The summed E-state index contributed by atoms with van der Waals surface area (Å²) in [6.45, 7) is -0.250. The summed E-state index contributed by atoms with van der Waals surface area (Å²) in [6, 6.07) is 0. The summed E-state index contributed by atoms with van der Waals surface area (Å²) in [4.78, 5) is 8.36. The highest BCUT2D eigenvalue weighted by Gasteiger charge is 2.24. The fourth-order valence-electron chi connectivity index (χ4n) is 0.593. The minimum absolute atomic E-state index is 0.250. The highest BCUT2D eigenvalue weighted by atomic mass is 19.2. The number of hydrogen-bond donors (Lipinski definition) is 2. The molecule has 0 spiro atoms. The zero-order chi connectivity index (χ0) is 12.2. The smallest absolute Gasteiger partial charge is 0.290 e. The highest BCUT2D eigenvalue weighted by molar-refractivity contribution is 5.32. The topological polar surface area (TPSA) is 57.5 Å². The molecule has 0 saturated heterocycles. The van der Waals surface area contributed by atoms with E-state index in [-0.39, 0.29) is 6.47 Å². The number of phenolic OH excluding ortho intramolecular Hbond substituents is 1. The Hall–Kier alpha value is -1.86. The minimum Gasteiger partial charge on any atom is -0.503 e. The molecule has 0 unspecified atom stereocenters. The molecule has 2 N–H and O–H groups in total. The SMILES string of the molecule is O=CO.Oc1c(F)c(F)c(F)c(F)c1F. The molecule has 0 aliphatic heterocycles. The van der Waals surface area contributed by atoms with Crippen LogP contribution < -0.4 is 0 Å². The van der Waals surface area contributed by atoms with Gasteiger partial charge in [-0.15, -0.1) is 0 Å². The van der Waals surface area contributed by atoms with Crippen molar-refractivity contribution >= 4 is 6.47 Å². The number of rotatable bonds is 0. The van der Waals surface area contributed by atoms with Crippen molar-refractivity contribution < 1.29 is 37.0 Å². The van der Waals surface area contributed by atoms with Crippen LogP contribution in [-0.2, 0) is 4.79 Å². The Morgan fingerprint density at radius 3 is 1.27 bits per heavy atom. The molecule has 0 aliphatic carbocycles. The molecule has 15 heavy (non-hydrogen) atoms. The van der Waals surface area contributed by atoms with Crippen LogP contribution in [-0.4, -0.2) is 16.7 Å². The van der Waals surface area contributed by atoms with E-state index in [2.05, 4.69) is 0 Å². The summed E-state index contributed by atoms with van der Waals surface area (Å²) in [5.74, 6) is -12.9. The number of benzene rings is 1. The van der Waals surface area contributed by atoms with Crippen molar-refractivity contribution in [2.24, 2.45) is 0 Å². The third-order valence-corrected chi connectivity index (χ3v) is 1.19. The van der Waals surface area contributed by atoms with Crippen molar-refractivity contribution in [3.05, 3.63) is 29.1 Å². The second kappa shape index (κ2) is 5.13. The lowest BCUT2D eigenvalue weighted by atomic mass is 10.3. The normalized spacial score (nSPS) is 9.13. The first-order valence-electron chi connectivity index (χ1n) is 3.16. The monoisotopic (exact) mass is 230 g/mol. The van der Waals surface area contributed by atoms with Gasteiger partial charge in [0.25, 0.3) is 6.47 Å². The first-order chi connectivity index (χ1) is 6.88. The largest absolute Gasteiger partial charge is 0.503 e. The fourth-order valence-corrected chi connectivity index (χ4v) is 0.593. The molecule has 84 valence electrons. The number of hydrogen-bond acceptors (Lipinski definition) is 2. The lowest BCUT2D eigenvalue weighted by Crippen LogP contribution is -2.00. The first kappa shape index (κ1) is 13.1. The number of carbonyl (C=O) groups is 1. The minimum atomic E-state index is -2.29. The zero-order valence-electron chi connectivity index (χ0n) is 6.77. The molecule has 0 radical (unpaired) electrons. The van der Waals surface area contributed by atoms with E-state index in [0.29, 0.717) is 0 Å². The maximum atomic E-state index is 12.2. The molecule has 0 amide bonds. The van der Waals surface area contributed by atoms with Crippen molar-refractivity contribution in [1.29, 1.82) is 0 Å². The Morgan fingerprint density at radius 2 is 1.00 bits per heavy atom. The van der Waals surface area contributed by atoms with E-state index in [9.17, 15) is 22.0 Å². The van der Waals surface area contributed by atoms with Gasteiger partial charge in [-0.1, -0.05) is 0 Å². The van der Waals surface area contributed by atoms with E-state index in [1.165, 1.54) is 0 Å². The Labute approximate surface area is 79.4 Å². The molecular formula is C7H3F5O3. The molecule has 0 fully saturated rings. The number of carboxylic acid groups (broad SMARTS) is 1. The molecule has 1 aromatic rings. The second-order valence-electron chi connectivity index (χ2n) is 2.02. The van der Waals surface area contributed by atoms with Crippen LogP contribution in [0.1, 0.15) is 0 Å². The lowest BCUT2D eigenvalue weighted by molar-refractivity contribution is -0.122. The van der Waals surface area contributed by atoms with Gasteiger partial charge in [-0.2, -0.15) is 8.78 Å². The van der Waals surface area contributed by atoms with Gasteiger partial charge in [0.15, 0.2) is 5.75 Å². The van der Waals surface area contributed by atoms with Crippen molar-refractivity contribution in [3.8, 4) is 5.75 Å². The van der Waals surface area contributed by atoms with Gasteiger partial charge in [0.1, 0.15) is 0 Å². The molecule has 3 nitrogen and oxygen atoms in total. The van der Waals surface area contributed by atoms with Crippen molar-refractivity contribution in [3.63, 3.8) is 0 Å². The molecular weight excluding hydrogens is 227 g/mol. The molecule has 1 rings (SSSR count). The molecule has 0 saturated carbocycles. The zero-order valence-corrected chi connectivity index (χ0v) is 6.77. The third kappa shape index (κ3) is 2.55. The van der Waals surface area contributed by atoms with Crippen LogP contribution in [0.3, 0.4) is 0 Å². The van der Waals surface area contributed by atoms with E-state index in [0.717, 1.165) is 0 Å². The molecule has 8 heteroatoms. The van der Waals surface area contributed by atoms with Gasteiger partial charge in [-0.25, -0.2) is 13.2 Å². The van der Waals surface area contributed by atoms with Crippen molar-refractivity contribution in [2.75, 3.05) is 0 Å². The van der Waals surface area contributed by atoms with Gasteiger partial charge in [0, 0.05) is 0 Å². The molecule has 0 atom stereocenters.